The van der Waals surface area contributed by atoms with Crippen LogP contribution in [0.15, 0.2) is 92.5 Å². The third kappa shape index (κ3) is 5.60. The number of hydrogen-bond donors (Lipinski definition) is 2. The first-order chi connectivity index (χ1) is 17.7. The third-order valence-electron chi connectivity index (χ3n) is 5.89. The van der Waals surface area contributed by atoms with Gasteiger partial charge in [0.25, 0.3) is 0 Å². The van der Waals surface area contributed by atoms with Crippen LogP contribution < -0.4 is 21.0 Å². The first-order valence-electron chi connectivity index (χ1n) is 11.8. The third-order valence-corrected chi connectivity index (χ3v) is 5.89. The molecule has 0 amide bonds. The Morgan fingerprint density at radius 1 is 0.944 bits per heavy atom. The highest BCUT2D eigenvalue weighted by atomic mass is 19.1. The number of rotatable bonds is 9. The highest BCUT2D eigenvalue weighted by Gasteiger charge is 2.18. The normalized spacial score (nSPS) is 13.2. The van der Waals surface area contributed by atoms with E-state index in [-0.39, 0.29) is 11.2 Å². The molecule has 0 bridgehead atoms. The Morgan fingerprint density at radius 3 is 2.50 bits per heavy atom. The van der Waals surface area contributed by atoms with Gasteiger partial charge >= 0.3 is 0 Å². The second-order valence-corrected chi connectivity index (χ2v) is 8.46. The molecule has 2 heterocycles. The van der Waals surface area contributed by atoms with E-state index in [0.29, 0.717) is 23.3 Å². The second kappa shape index (κ2) is 10.9. The molecule has 8 heteroatoms. The van der Waals surface area contributed by atoms with Gasteiger partial charge in [-0.15, -0.1) is 0 Å². The molecular formula is C28H25FN4O3. The second-order valence-electron chi connectivity index (χ2n) is 8.46. The molecule has 0 saturated carbocycles. The standard InChI is InChI=1S/C28H25FN4O3/c29-22-13-8-19(9-14-22)4-1-2-17-35-23-15-10-20(11-16-23)7-12-21-5-3-6-24-25(34)18-26(36-27(21)24)28-30-32-33-31-28/h3,5-16,18,28H,1-2,4,17H2,(H,30,33)(H,31,32)/b12-7+. The molecule has 5 rings (SSSR count). The van der Waals surface area contributed by atoms with Gasteiger partial charge in [0.15, 0.2) is 17.4 Å². The van der Waals surface area contributed by atoms with Gasteiger partial charge in [-0.05, 0) is 60.7 Å². The quantitative estimate of drug-likeness (QED) is 0.225. The lowest BCUT2D eigenvalue weighted by Gasteiger charge is -2.10. The zero-order chi connectivity index (χ0) is 24.7. The predicted octanol–water partition coefficient (Wildman–Crippen LogP) is 5.98. The summed E-state index contributed by atoms with van der Waals surface area (Å²) in [6.07, 6.45) is 6.21. The molecule has 3 aromatic carbocycles. The van der Waals surface area contributed by atoms with Crippen LogP contribution in [0, 0.1) is 5.82 Å². The highest BCUT2D eigenvalue weighted by Crippen LogP contribution is 2.23. The molecule has 0 saturated heterocycles. The Bertz CT molecular complexity index is 1440. The Balaban J connectivity index is 1.19. The minimum atomic E-state index is -0.477. The molecule has 1 aromatic heterocycles. The molecule has 0 spiro atoms. The van der Waals surface area contributed by atoms with Gasteiger partial charge in [-0.25, -0.2) is 4.39 Å². The predicted molar refractivity (Wildman–Crippen MR) is 137 cm³/mol. The fraction of sp³-hybridized carbons (Fsp3) is 0.179. The summed E-state index contributed by atoms with van der Waals surface area (Å²) in [4.78, 5) is 12.6. The monoisotopic (exact) mass is 484 g/mol. The summed E-state index contributed by atoms with van der Waals surface area (Å²) >= 11 is 0. The molecule has 1 aliphatic rings. The van der Waals surface area contributed by atoms with E-state index >= 15 is 0 Å². The lowest BCUT2D eigenvalue weighted by molar-refractivity contribution is 0.307. The van der Waals surface area contributed by atoms with Crippen LogP contribution in [0.1, 0.15) is 41.5 Å². The summed E-state index contributed by atoms with van der Waals surface area (Å²) in [5.41, 5.74) is 8.79. The zero-order valence-electron chi connectivity index (χ0n) is 19.5. The van der Waals surface area contributed by atoms with Crippen molar-refractivity contribution < 1.29 is 13.5 Å². The number of aryl methyl sites for hydroxylation is 1. The van der Waals surface area contributed by atoms with Crippen molar-refractivity contribution in [3.63, 3.8) is 0 Å². The average molecular weight is 485 g/mol. The number of nitrogens with one attached hydrogen (secondary N) is 2. The first-order valence-corrected chi connectivity index (χ1v) is 11.8. The maximum absolute atomic E-state index is 13.0. The maximum atomic E-state index is 13.0. The van der Waals surface area contributed by atoms with Gasteiger partial charge in [-0.2, -0.15) is 0 Å². The van der Waals surface area contributed by atoms with Crippen LogP contribution in [-0.2, 0) is 6.42 Å². The molecule has 0 atom stereocenters. The summed E-state index contributed by atoms with van der Waals surface area (Å²) in [7, 11) is 0. The maximum Gasteiger partial charge on any atom is 0.193 e. The van der Waals surface area contributed by atoms with E-state index in [0.717, 1.165) is 41.7 Å². The molecule has 4 aromatic rings. The van der Waals surface area contributed by atoms with Crippen LogP contribution in [0.5, 0.6) is 5.75 Å². The van der Waals surface area contributed by atoms with Crippen LogP contribution in [0.4, 0.5) is 4.39 Å². The van der Waals surface area contributed by atoms with E-state index in [1.54, 1.807) is 6.07 Å². The lowest BCUT2D eigenvalue weighted by atomic mass is 10.1. The molecule has 0 fully saturated rings. The van der Waals surface area contributed by atoms with Crippen LogP contribution in [0.2, 0.25) is 0 Å². The SMILES string of the molecule is O=c1cc(C2NN=NN2)oc2c(/C=C/c3ccc(OCCCCc4ccc(F)cc4)cc3)cccc12. The van der Waals surface area contributed by atoms with E-state index in [9.17, 15) is 9.18 Å². The average Bonchev–Trinajstić information content (AvgIpc) is 3.44. The number of hydrogen-bond acceptors (Lipinski definition) is 7. The number of fused-ring (bicyclic) bond motifs is 1. The number of benzene rings is 3. The minimum absolute atomic E-state index is 0.129. The first kappa shape index (κ1) is 23.3. The van der Waals surface area contributed by atoms with Crippen molar-refractivity contribution in [3.8, 4) is 5.75 Å². The van der Waals surface area contributed by atoms with Gasteiger partial charge in [-0.3, -0.25) is 15.6 Å². The van der Waals surface area contributed by atoms with Gasteiger partial charge in [0.1, 0.15) is 17.1 Å². The van der Waals surface area contributed by atoms with Gasteiger partial charge in [-0.1, -0.05) is 59.0 Å². The van der Waals surface area contributed by atoms with E-state index < -0.39 is 6.17 Å². The lowest BCUT2D eigenvalue weighted by Crippen LogP contribution is -2.22. The summed E-state index contributed by atoms with van der Waals surface area (Å²) in [6, 6.07) is 21.4. The molecule has 0 aliphatic carbocycles. The highest BCUT2D eigenvalue weighted by molar-refractivity contribution is 5.88. The van der Waals surface area contributed by atoms with Crippen molar-refractivity contribution in [2.24, 2.45) is 10.4 Å². The fourth-order valence-electron chi connectivity index (χ4n) is 3.95. The Hall–Kier alpha value is -4.46. The number of halogens is 1. The number of unbranched alkanes of at least 4 members (excludes halogenated alkanes) is 1. The minimum Gasteiger partial charge on any atom is -0.494 e. The molecule has 1 aliphatic heterocycles. The summed E-state index contributed by atoms with van der Waals surface area (Å²) in [5.74, 6) is 1.01. The Morgan fingerprint density at radius 2 is 1.72 bits per heavy atom. The summed E-state index contributed by atoms with van der Waals surface area (Å²) < 4.78 is 24.9. The van der Waals surface area contributed by atoms with Crippen molar-refractivity contribution in [1.29, 1.82) is 0 Å². The largest absolute Gasteiger partial charge is 0.494 e. The molecule has 2 N–H and O–H groups in total. The molecule has 0 unspecified atom stereocenters. The van der Waals surface area contributed by atoms with Gasteiger partial charge in [0, 0.05) is 11.6 Å². The summed E-state index contributed by atoms with van der Waals surface area (Å²) in [5, 5.41) is 7.84. The fourth-order valence-corrected chi connectivity index (χ4v) is 3.95. The summed E-state index contributed by atoms with van der Waals surface area (Å²) in [6.45, 7) is 0.624. The van der Waals surface area contributed by atoms with E-state index in [1.807, 2.05) is 60.7 Å². The van der Waals surface area contributed by atoms with Crippen molar-refractivity contribution >= 4 is 23.1 Å². The number of ether oxygens (including phenoxy) is 1. The topological polar surface area (TPSA) is 88.2 Å². The molecule has 36 heavy (non-hydrogen) atoms. The zero-order valence-corrected chi connectivity index (χ0v) is 19.5. The van der Waals surface area contributed by atoms with Gasteiger partial charge in [0.2, 0.25) is 0 Å². The van der Waals surface area contributed by atoms with E-state index in [4.69, 9.17) is 9.15 Å². The number of nitrogens with zero attached hydrogens (tertiary/aromatic N) is 2. The van der Waals surface area contributed by atoms with Crippen LogP contribution in [-0.4, -0.2) is 6.61 Å². The Kier molecular flexibility index (Phi) is 7.02. The van der Waals surface area contributed by atoms with E-state index in [2.05, 4.69) is 21.3 Å². The van der Waals surface area contributed by atoms with Crippen LogP contribution in [0.25, 0.3) is 23.1 Å². The van der Waals surface area contributed by atoms with E-state index in [1.165, 1.54) is 18.2 Å². The van der Waals surface area contributed by atoms with Crippen LogP contribution >= 0.6 is 0 Å². The van der Waals surface area contributed by atoms with Gasteiger partial charge in [0.05, 0.1) is 12.0 Å². The van der Waals surface area contributed by atoms with Gasteiger partial charge < -0.3 is 9.15 Å². The molecule has 7 nitrogen and oxygen atoms in total. The molecule has 0 radical (unpaired) electrons. The Labute approximate surface area is 207 Å². The molecular weight excluding hydrogens is 459 g/mol. The van der Waals surface area contributed by atoms with Crippen molar-refractivity contribution in [2.45, 2.75) is 25.4 Å². The van der Waals surface area contributed by atoms with Crippen LogP contribution in [0.3, 0.4) is 0 Å². The molecule has 182 valence electrons. The number of para-hydroxylation sites is 1. The van der Waals surface area contributed by atoms with Crippen molar-refractivity contribution in [2.75, 3.05) is 6.61 Å². The smallest absolute Gasteiger partial charge is 0.193 e. The van der Waals surface area contributed by atoms with Crippen molar-refractivity contribution in [1.82, 2.24) is 10.9 Å². The van der Waals surface area contributed by atoms with Crippen molar-refractivity contribution in [3.05, 3.63) is 111 Å².